The van der Waals surface area contributed by atoms with Crippen LogP contribution in [0.5, 0.6) is 0 Å². The molecule has 2 amide bonds. The number of nitrogens with one attached hydrogen (secondary N) is 1. The molecule has 0 fully saturated rings. The molecule has 0 radical (unpaired) electrons. The van der Waals surface area contributed by atoms with Gasteiger partial charge in [0.1, 0.15) is 11.6 Å². The van der Waals surface area contributed by atoms with Crippen molar-refractivity contribution in [1.29, 1.82) is 0 Å². The van der Waals surface area contributed by atoms with E-state index in [-0.39, 0.29) is 36.3 Å². The Labute approximate surface area is 200 Å². The van der Waals surface area contributed by atoms with Crippen molar-refractivity contribution in [1.82, 2.24) is 20.4 Å². The number of hydrogen-bond donors (Lipinski definition) is 1. The molecule has 0 saturated heterocycles. The number of benzene rings is 3. The minimum absolute atomic E-state index is 0.00518. The van der Waals surface area contributed by atoms with Gasteiger partial charge in [0.25, 0.3) is 17.7 Å². The number of likely N-dealkylation sites (N-methyl/N-ethyl adjacent to an activating group) is 1. The summed E-state index contributed by atoms with van der Waals surface area (Å²) in [5.74, 6) is -0.924. The van der Waals surface area contributed by atoms with Crippen molar-refractivity contribution >= 4 is 11.8 Å². The average molecular weight is 476 g/mol. The van der Waals surface area contributed by atoms with Crippen molar-refractivity contribution in [2.75, 3.05) is 13.6 Å². The second-order valence-electron chi connectivity index (χ2n) is 7.86. The minimum Gasteiger partial charge on any atom is -0.348 e. The Balaban J connectivity index is 1.32. The lowest BCUT2D eigenvalue weighted by atomic mass is 10.1. The lowest BCUT2D eigenvalue weighted by molar-refractivity contribution is 0.0790. The minimum atomic E-state index is -0.571. The number of aromatic nitrogens is 2. The van der Waals surface area contributed by atoms with E-state index in [1.807, 2.05) is 0 Å². The van der Waals surface area contributed by atoms with Gasteiger partial charge < -0.3 is 14.7 Å². The summed E-state index contributed by atoms with van der Waals surface area (Å²) in [6, 6.07) is 18.4. The molecule has 4 rings (SSSR count). The Hall–Kier alpha value is -4.40. The van der Waals surface area contributed by atoms with Crippen LogP contribution < -0.4 is 5.32 Å². The molecule has 178 valence electrons. The van der Waals surface area contributed by atoms with Gasteiger partial charge in [-0.05, 0) is 54.1 Å². The van der Waals surface area contributed by atoms with Gasteiger partial charge in [0.15, 0.2) is 5.82 Å². The van der Waals surface area contributed by atoms with Gasteiger partial charge in [0.2, 0.25) is 0 Å². The molecule has 0 saturated carbocycles. The monoisotopic (exact) mass is 476 g/mol. The zero-order valence-corrected chi connectivity index (χ0v) is 18.9. The van der Waals surface area contributed by atoms with E-state index in [9.17, 15) is 18.4 Å². The van der Waals surface area contributed by atoms with E-state index in [1.165, 1.54) is 35.2 Å². The van der Waals surface area contributed by atoms with Gasteiger partial charge in [-0.15, -0.1) is 0 Å². The summed E-state index contributed by atoms with van der Waals surface area (Å²) < 4.78 is 32.1. The molecule has 0 atom stereocenters. The van der Waals surface area contributed by atoms with E-state index in [0.29, 0.717) is 23.4 Å². The maximum absolute atomic E-state index is 13.8. The predicted molar refractivity (Wildman–Crippen MR) is 124 cm³/mol. The fraction of sp³-hybridized carbons (Fsp3) is 0.154. The first-order valence-corrected chi connectivity index (χ1v) is 10.9. The molecular formula is C26H22F2N4O3. The number of rotatable bonds is 8. The van der Waals surface area contributed by atoms with Crippen LogP contribution in [0, 0.1) is 11.6 Å². The van der Waals surface area contributed by atoms with Crippen molar-refractivity contribution in [3.05, 3.63) is 107 Å². The van der Waals surface area contributed by atoms with Crippen LogP contribution in [0.25, 0.3) is 11.5 Å². The van der Waals surface area contributed by atoms with Crippen molar-refractivity contribution in [2.45, 2.75) is 13.0 Å². The molecule has 0 unspecified atom stereocenters. The van der Waals surface area contributed by atoms with Crippen molar-refractivity contribution < 1.29 is 22.9 Å². The van der Waals surface area contributed by atoms with Gasteiger partial charge in [0, 0.05) is 37.7 Å². The fourth-order valence-corrected chi connectivity index (χ4v) is 3.33. The summed E-state index contributed by atoms with van der Waals surface area (Å²) >= 11 is 0. The summed E-state index contributed by atoms with van der Waals surface area (Å²) in [5, 5.41) is 6.72. The molecule has 35 heavy (non-hydrogen) atoms. The third kappa shape index (κ3) is 5.94. The second kappa shape index (κ2) is 10.7. The predicted octanol–water partition coefficient (Wildman–Crippen LogP) is 4.26. The highest BCUT2D eigenvalue weighted by Gasteiger charge is 2.17. The highest BCUT2D eigenvalue weighted by molar-refractivity contribution is 5.95. The van der Waals surface area contributed by atoms with Gasteiger partial charge in [0.05, 0.1) is 5.56 Å². The largest absolute Gasteiger partial charge is 0.348 e. The van der Waals surface area contributed by atoms with E-state index in [1.54, 1.807) is 49.5 Å². The van der Waals surface area contributed by atoms with E-state index >= 15 is 0 Å². The number of hydrogen-bond acceptors (Lipinski definition) is 5. The van der Waals surface area contributed by atoms with Crippen LogP contribution in [-0.2, 0) is 13.0 Å². The van der Waals surface area contributed by atoms with Crippen molar-refractivity contribution in [3.8, 4) is 11.5 Å². The Morgan fingerprint density at radius 2 is 1.69 bits per heavy atom. The highest BCUT2D eigenvalue weighted by Crippen LogP contribution is 2.18. The van der Waals surface area contributed by atoms with Crippen LogP contribution in [0.3, 0.4) is 0 Å². The first kappa shape index (κ1) is 23.7. The molecule has 0 aliphatic heterocycles. The van der Waals surface area contributed by atoms with Crippen molar-refractivity contribution in [3.63, 3.8) is 0 Å². The number of nitrogens with zero attached hydrogens (tertiary/aromatic N) is 3. The lowest BCUT2D eigenvalue weighted by Crippen LogP contribution is -2.29. The van der Waals surface area contributed by atoms with Crippen LogP contribution in [0.4, 0.5) is 8.78 Å². The Morgan fingerprint density at radius 1 is 0.971 bits per heavy atom. The molecule has 7 nitrogen and oxygen atoms in total. The van der Waals surface area contributed by atoms with Gasteiger partial charge in [-0.2, -0.15) is 4.98 Å². The lowest BCUT2D eigenvalue weighted by Gasteiger charge is -2.16. The molecule has 9 heteroatoms. The molecular weight excluding hydrogens is 454 g/mol. The molecule has 1 N–H and O–H groups in total. The maximum Gasteiger partial charge on any atom is 0.257 e. The van der Waals surface area contributed by atoms with Crippen LogP contribution in [-0.4, -0.2) is 40.4 Å². The van der Waals surface area contributed by atoms with Crippen LogP contribution in [0.1, 0.15) is 32.1 Å². The van der Waals surface area contributed by atoms with E-state index in [4.69, 9.17) is 4.52 Å². The standard InChI is InChI=1S/C26H22F2N4O3/c1-32(26(34)21-4-2-3-5-22(21)28)15-14-23-30-25(35-31-23)19-10-8-18(9-11-19)24(33)29-16-17-6-12-20(27)13-7-17/h2-13H,14-16H2,1H3,(H,29,33). The topological polar surface area (TPSA) is 88.3 Å². The highest BCUT2D eigenvalue weighted by atomic mass is 19.1. The smallest absolute Gasteiger partial charge is 0.257 e. The maximum atomic E-state index is 13.8. The first-order chi connectivity index (χ1) is 16.9. The molecule has 0 spiro atoms. The van der Waals surface area contributed by atoms with Gasteiger partial charge in [-0.1, -0.05) is 29.4 Å². The summed E-state index contributed by atoms with van der Waals surface area (Å²) in [5.41, 5.74) is 1.88. The quantitative estimate of drug-likeness (QED) is 0.411. The third-order valence-corrected chi connectivity index (χ3v) is 5.35. The summed E-state index contributed by atoms with van der Waals surface area (Å²) in [6.07, 6.45) is 0.323. The Bertz CT molecular complexity index is 1320. The zero-order valence-electron chi connectivity index (χ0n) is 18.9. The van der Waals surface area contributed by atoms with E-state index in [2.05, 4.69) is 15.5 Å². The zero-order chi connectivity index (χ0) is 24.8. The Kier molecular flexibility index (Phi) is 7.25. The van der Waals surface area contributed by atoms with Crippen LogP contribution >= 0.6 is 0 Å². The summed E-state index contributed by atoms with van der Waals surface area (Å²) in [4.78, 5) is 30.5. The Morgan fingerprint density at radius 3 is 2.40 bits per heavy atom. The molecule has 1 aromatic heterocycles. The van der Waals surface area contributed by atoms with Crippen molar-refractivity contribution in [2.24, 2.45) is 0 Å². The van der Waals surface area contributed by atoms with E-state index < -0.39 is 11.7 Å². The number of halogens is 2. The SMILES string of the molecule is CN(CCc1noc(-c2ccc(C(=O)NCc3ccc(F)cc3)cc2)n1)C(=O)c1ccccc1F. The van der Waals surface area contributed by atoms with E-state index in [0.717, 1.165) is 5.56 Å². The van der Waals surface area contributed by atoms with Gasteiger partial charge >= 0.3 is 0 Å². The fourth-order valence-electron chi connectivity index (χ4n) is 3.33. The molecule has 1 heterocycles. The number of carbonyl (C=O) groups excluding carboxylic acids is 2. The molecule has 0 aliphatic rings. The normalized spacial score (nSPS) is 10.7. The van der Waals surface area contributed by atoms with Crippen LogP contribution in [0.15, 0.2) is 77.3 Å². The second-order valence-corrected chi connectivity index (χ2v) is 7.86. The average Bonchev–Trinajstić information content (AvgIpc) is 3.36. The molecule has 0 bridgehead atoms. The summed E-state index contributed by atoms with van der Waals surface area (Å²) in [7, 11) is 1.58. The molecule has 3 aromatic carbocycles. The van der Waals surface area contributed by atoms with Gasteiger partial charge in [-0.25, -0.2) is 8.78 Å². The first-order valence-electron chi connectivity index (χ1n) is 10.9. The molecule has 4 aromatic rings. The van der Waals surface area contributed by atoms with Gasteiger partial charge in [-0.3, -0.25) is 9.59 Å². The number of amides is 2. The third-order valence-electron chi connectivity index (χ3n) is 5.35. The number of carbonyl (C=O) groups is 2. The summed E-state index contributed by atoms with van der Waals surface area (Å²) in [6.45, 7) is 0.557. The molecule has 0 aliphatic carbocycles. The van der Waals surface area contributed by atoms with Crippen LogP contribution in [0.2, 0.25) is 0 Å².